The maximum Gasteiger partial charge on any atom is 0.436 e. The van der Waals surface area contributed by atoms with Gasteiger partial charge in [0.15, 0.2) is 5.69 Å². The Morgan fingerprint density at radius 3 is 2.54 bits per heavy atom. The van der Waals surface area contributed by atoms with Crippen LogP contribution in [0.4, 0.5) is 13.2 Å². The second-order valence-electron chi connectivity index (χ2n) is 5.84. The molecule has 2 aromatic heterocycles. The summed E-state index contributed by atoms with van der Waals surface area (Å²) in [6.45, 7) is 5.70. The average molecular weight is 457 g/mol. The Morgan fingerprint density at radius 2 is 2.04 bits per heavy atom. The smallest absolute Gasteiger partial charge is 0.354 e. The molecule has 144 valence electrons. The zero-order valence-corrected chi connectivity index (χ0v) is 16.7. The SMILES string of the molecule is Cc1nn(CCCNC(=O)C(C)n2nc(C(F)(F)F)c(Cl)c2C)cc1Br. The molecule has 1 unspecified atom stereocenters. The fourth-order valence-corrected chi connectivity index (χ4v) is 2.92. The standard InChI is InChI=1S/C15H18BrClF3N5O/c1-8-11(16)7-24(22-8)6-4-5-21-14(26)10(3)25-9(2)12(17)13(23-25)15(18,19)20/h7,10H,4-6H2,1-3H3,(H,21,26). The summed E-state index contributed by atoms with van der Waals surface area (Å²) in [5.74, 6) is -0.432. The third kappa shape index (κ3) is 4.59. The van der Waals surface area contributed by atoms with Gasteiger partial charge in [0.2, 0.25) is 5.91 Å². The Bertz CT molecular complexity index is 783. The van der Waals surface area contributed by atoms with Crippen molar-refractivity contribution < 1.29 is 18.0 Å². The molecule has 0 aliphatic heterocycles. The van der Waals surface area contributed by atoms with Gasteiger partial charge >= 0.3 is 6.18 Å². The molecule has 6 nitrogen and oxygen atoms in total. The Kier molecular flexibility index (Phi) is 6.38. The van der Waals surface area contributed by atoms with Crippen molar-refractivity contribution in [3.05, 3.63) is 32.8 Å². The number of alkyl halides is 3. The minimum atomic E-state index is -4.67. The van der Waals surface area contributed by atoms with E-state index < -0.39 is 28.8 Å². The van der Waals surface area contributed by atoms with Crippen molar-refractivity contribution >= 4 is 33.4 Å². The summed E-state index contributed by atoms with van der Waals surface area (Å²) in [5.41, 5.74) is -0.219. The summed E-state index contributed by atoms with van der Waals surface area (Å²) < 4.78 is 42.3. The molecule has 0 bridgehead atoms. The van der Waals surface area contributed by atoms with Gasteiger partial charge in [-0.1, -0.05) is 11.6 Å². The summed E-state index contributed by atoms with van der Waals surface area (Å²) in [6, 6.07) is -0.912. The molecule has 2 heterocycles. The van der Waals surface area contributed by atoms with E-state index in [4.69, 9.17) is 11.6 Å². The molecule has 0 radical (unpaired) electrons. The molecule has 26 heavy (non-hydrogen) atoms. The topological polar surface area (TPSA) is 64.7 Å². The number of hydrogen-bond acceptors (Lipinski definition) is 3. The Hall–Kier alpha value is -1.55. The normalized spacial score (nSPS) is 13.1. The van der Waals surface area contributed by atoms with Crippen LogP contribution >= 0.6 is 27.5 Å². The third-order valence-electron chi connectivity index (χ3n) is 3.84. The van der Waals surface area contributed by atoms with Crippen molar-refractivity contribution in [2.75, 3.05) is 6.54 Å². The van der Waals surface area contributed by atoms with Gasteiger partial charge in [-0.05, 0) is 43.1 Å². The van der Waals surface area contributed by atoms with Crippen LogP contribution in [0, 0.1) is 13.8 Å². The minimum absolute atomic E-state index is 0.0958. The molecule has 0 saturated heterocycles. The van der Waals surface area contributed by atoms with E-state index in [9.17, 15) is 18.0 Å². The molecule has 1 atom stereocenters. The number of amides is 1. The Labute approximate surface area is 161 Å². The lowest BCUT2D eigenvalue weighted by Crippen LogP contribution is -2.33. The predicted octanol–water partition coefficient (Wildman–Crippen LogP) is 3.90. The number of nitrogens with one attached hydrogen (secondary N) is 1. The van der Waals surface area contributed by atoms with Crippen LogP contribution in [0.5, 0.6) is 0 Å². The highest BCUT2D eigenvalue weighted by molar-refractivity contribution is 9.10. The summed E-state index contributed by atoms with van der Waals surface area (Å²) in [4.78, 5) is 12.2. The quantitative estimate of drug-likeness (QED) is 0.671. The molecule has 0 aliphatic rings. The van der Waals surface area contributed by atoms with Gasteiger partial charge in [0.1, 0.15) is 6.04 Å². The van der Waals surface area contributed by atoms with Gasteiger partial charge in [0.05, 0.1) is 20.9 Å². The number of nitrogens with zero attached hydrogens (tertiary/aromatic N) is 4. The van der Waals surface area contributed by atoms with Gasteiger partial charge in [0.25, 0.3) is 0 Å². The maximum absolute atomic E-state index is 12.9. The molecule has 0 aromatic carbocycles. The van der Waals surface area contributed by atoms with Crippen molar-refractivity contribution in [2.45, 2.75) is 46.0 Å². The monoisotopic (exact) mass is 455 g/mol. The number of carbonyl (C=O) groups is 1. The summed E-state index contributed by atoms with van der Waals surface area (Å²) in [5, 5.41) is 9.95. The van der Waals surface area contributed by atoms with Crippen molar-refractivity contribution in [3.63, 3.8) is 0 Å². The molecule has 0 aliphatic carbocycles. The highest BCUT2D eigenvalue weighted by Gasteiger charge is 2.39. The highest BCUT2D eigenvalue weighted by atomic mass is 79.9. The molecule has 1 amide bonds. The van der Waals surface area contributed by atoms with Gasteiger partial charge in [0, 0.05) is 19.3 Å². The van der Waals surface area contributed by atoms with Crippen LogP contribution in [0.25, 0.3) is 0 Å². The van der Waals surface area contributed by atoms with Crippen LogP contribution in [-0.4, -0.2) is 32.0 Å². The summed E-state index contributed by atoms with van der Waals surface area (Å²) >= 11 is 9.08. The highest BCUT2D eigenvalue weighted by Crippen LogP contribution is 2.36. The second-order valence-corrected chi connectivity index (χ2v) is 7.07. The van der Waals surface area contributed by atoms with Gasteiger partial charge < -0.3 is 5.32 Å². The lowest BCUT2D eigenvalue weighted by atomic mass is 10.3. The van der Waals surface area contributed by atoms with E-state index in [1.165, 1.54) is 13.8 Å². The van der Waals surface area contributed by atoms with E-state index in [0.29, 0.717) is 19.5 Å². The first-order valence-corrected chi connectivity index (χ1v) is 8.98. The fourth-order valence-electron chi connectivity index (χ4n) is 2.38. The minimum Gasteiger partial charge on any atom is -0.354 e. The number of rotatable bonds is 6. The second kappa shape index (κ2) is 7.99. The molecule has 0 fully saturated rings. The lowest BCUT2D eigenvalue weighted by molar-refractivity contribution is -0.141. The predicted molar refractivity (Wildman–Crippen MR) is 94.0 cm³/mol. The van der Waals surface area contributed by atoms with Crippen molar-refractivity contribution in [2.24, 2.45) is 0 Å². The largest absolute Gasteiger partial charge is 0.436 e. The van der Waals surface area contributed by atoms with Crippen LogP contribution in [0.2, 0.25) is 5.02 Å². The molecule has 2 aromatic rings. The molecule has 1 N–H and O–H groups in total. The van der Waals surface area contributed by atoms with Gasteiger partial charge in [-0.15, -0.1) is 0 Å². The molecular weight excluding hydrogens is 439 g/mol. The number of hydrogen-bond donors (Lipinski definition) is 1. The third-order valence-corrected chi connectivity index (χ3v) is 5.07. The average Bonchev–Trinajstić information content (AvgIpc) is 3.03. The van der Waals surface area contributed by atoms with Crippen molar-refractivity contribution in [1.82, 2.24) is 24.9 Å². The van der Waals surface area contributed by atoms with E-state index in [2.05, 4.69) is 31.4 Å². The van der Waals surface area contributed by atoms with Crippen molar-refractivity contribution in [1.29, 1.82) is 0 Å². The zero-order valence-electron chi connectivity index (χ0n) is 14.4. The van der Waals surface area contributed by atoms with E-state index in [-0.39, 0.29) is 5.69 Å². The number of aromatic nitrogens is 4. The zero-order chi connectivity index (χ0) is 19.6. The van der Waals surface area contributed by atoms with Crippen molar-refractivity contribution in [3.8, 4) is 0 Å². The van der Waals surface area contributed by atoms with Gasteiger partial charge in [-0.25, -0.2) is 0 Å². The molecule has 11 heteroatoms. The summed E-state index contributed by atoms with van der Waals surface area (Å²) in [7, 11) is 0. The number of carbonyl (C=O) groups excluding carboxylic acids is 1. The van der Waals surface area contributed by atoms with E-state index in [1.54, 1.807) is 4.68 Å². The summed E-state index contributed by atoms with van der Waals surface area (Å²) in [6.07, 6.45) is -2.20. The molecule has 2 rings (SSSR count). The first-order valence-electron chi connectivity index (χ1n) is 7.81. The van der Waals surface area contributed by atoms with Crippen LogP contribution in [0.3, 0.4) is 0 Å². The molecular formula is C15H18BrClF3N5O. The molecule has 0 saturated carbocycles. The molecule has 0 spiro atoms. The van der Waals surface area contributed by atoms with Gasteiger partial charge in [-0.2, -0.15) is 23.4 Å². The van der Waals surface area contributed by atoms with Crippen LogP contribution in [0.1, 0.15) is 36.5 Å². The van der Waals surface area contributed by atoms with Crippen LogP contribution < -0.4 is 5.32 Å². The number of aryl methyl sites for hydroxylation is 2. The lowest BCUT2D eigenvalue weighted by Gasteiger charge is -2.14. The first kappa shape index (κ1) is 20.8. The maximum atomic E-state index is 12.9. The van der Waals surface area contributed by atoms with E-state index in [0.717, 1.165) is 14.8 Å². The van der Waals surface area contributed by atoms with Gasteiger partial charge in [-0.3, -0.25) is 14.2 Å². The van der Waals surface area contributed by atoms with Crippen LogP contribution in [-0.2, 0) is 17.5 Å². The fraction of sp³-hybridized carbons (Fsp3) is 0.533. The van der Waals surface area contributed by atoms with E-state index in [1.807, 2.05) is 13.1 Å². The Morgan fingerprint density at radius 1 is 1.38 bits per heavy atom. The first-order chi connectivity index (χ1) is 12.0. The van der Waals surface area contributed by atoms with E-state index >= 15 is 0 Å². The number of halogens is 5. The van der Waals surface area contributed by atoms with Crippen LogP contribution in [0.15, 0.2) is 10.7 Å². The Balaban J connectivity index is 1.93.